The van der Waals surface area contributed by atoms with Gasteiger partial charge in [0.05, 0.1) is 0 Å². The van der Waals surface area contributed by atoms with Crippen LogP contribution in [-0.4, -0.2) is 18.2 Å². The van der Waals surface area contributed by atoms with E-state index in [2.05, 4.69) is 28.7 Å². The minimum absolute atomic E-state index is 0.776. The largest absolute Gasteiger partial charge is 0.364 e. The molecule has 0 amide bonds. The Hall–Kier alpha value is -1.35. The fraction of sp³-hybridized carbons (Fsp3) is 0.462. The van der Waals surface area contributed by atoms with Crippen LogP contribution in [0, 0.1) is 5.92 Å². The standard InChI is InChI=1S/C13H16N2O/c1-2-11(8-14-5-1)6-10-3-4-12-9-16-15-13(12)7-10/h3-4,7,9,11,14H,1-2,5-6,8H2. The van der Waals surface area contributed by atoms with Gasteiger partial charge in [-0.3, -0.25) is 0 Å². The van der Waals surface area contributed by atoms with Crippen molar-refractivity contribution in [3.05, 3.63) is 30.0 Å². The molecule has 0 bridgehead atoms. The second-order valence-corrected chi connectivity index (χ2v) is 4.62. The predicted octanol–water partition coefficient (Wildman–Crippen LogP) is 2.37. The summed E-state index contributed by atoms with van der Waals surface area (Å²) in [5, 5.41) is 8.52. The van der Waals surface area contributed by atoms with Crippen LogP contribution in [0.4, 0.5) is 0 Å². The second-order valence-electron chi connectivity index (χ2n) is 4.62. The van der Waals surface area contributed by atoms with Gasteiger partial charge in [-0.25, -0.2) is 0 Å². The van der Waals surface area contributed by atoms with Gasteiger partial charge in [0.15, 0.2) is 0 Å². The van der Waals surface area contributed by atoms with E-state index in [0.717, 1.165) is 29.8 Å². The first-order chi connectivity index (χ1) is 7.92. The van der Waals surface area contributed by atoms with Crippen molar-refractivity contribution in [1.82, 2.24) is 10.5 Å². The molecule has 1 aromatic heterocycles. The number of benzene rings is 1. The first kappa shape index (κ1) is 9.85. The zero-order valence-electron chi connectivity index (χ0n) is 9.28. The number of piperidine rings is 1. The molecule has 3 nitrogen and oxygen atoms in total. The number of hydrogen-bond acceptors (Lipinski definition) is 3. The summed E-state index contributed by atoms with van der Waals surface area (Å²) in [6.07, 6.45) is 5.48. The topological polar surface area (TPSA) is 38.1 Å². The van der Waals surface area contributed by atoms with Gasteiger partial charge < -0.3 is 9.84 Å². The zero-order chi connectivity index (χ0) is 10.8. The van der Waals surface area contributed by atoms with Crippen molar-refractivity contribution in [1.29, 1.82) is 0 Å². The quantitative estimate of drug-likeness (QED) is 0.837. The molecule has 16 heavy (non-hydrogen) atoms. The molecule has 1 atom stereocenters. The fourth-order valence-electron chi connectivity index (χ4n) is 2.47. The summed E-state index contributed by atoms with van der Waals surface area (Å²) in [4.78, 5) is 0. The van der Waals surface area contributed by atoms with Crippen LogP contribution in [0.25, 0.3) is 10.9 Å². The van der Waals surface area contributed by atoms with Crippen LogP contribution in [0.5, 0.6) is 0 Å². The van der Waals surface area contributed by atoms with Crippen LogP contribution in [0.2, 0.25) is 0 Å². The summed E-state index contributed by atoms with van der Waals surface area (Å²) in [5.41, 5.74) is 2.34. The van der Waals surface area contributed by atoms with Crippen molar-refractivity contribution in [3.63, 3.8) is 0 Å². The van der Waals surface area contributed by atoms with E-state index < -0.39 is 0 Å². The molecule has 2 aromatic rings. The highest BCUT2D eigenvalue weighted by Crippen LogP contribution is 2.20. The first-order valence-corrected chi connectivity index (χ1v) is 5.95. The molecular formula is C13H16N2O. The summed E-state index contributed by atoms with van der Waals surface area (Å²) in [6, 6.07) is 6.43. The van der Waals surface area contributed by atoms with Crippen molar-refractivity contribution >= 4 is 10.9 Å². The molecule has 0 saturated carbocycles. The Balaban J connectivity index is 1.77. The van der Waals surface area contributed by atoms with Crippen LogP contribution < -0.4 is 5.32 Å². The Labute approximate surface area is 94.8 Å². The van der Waals surface area contributed by atoms with Gasteiger partial charge in [-0.15, -0.1) is 0 Å². The van der Waals surface area contributed by atoms with E-state index in [9.17, 15) is 0 Å². The first-order valence-electron chi connectivity index (χ1n) is 5.95. The lowest BCUT2D eigenvalue weighted by molar-refractivity contribution is 0.376. The van der Waals surface area contributed by atoms with Gasteiger partial charge >= 0.3 is 0 Å². The van der Waals surface area contributed by atoms with E-state index in [1.807, 2.05) is 0 Å². The molecule has 1 fully saturated rings. The Morgan fingerprint density at radius 3 is 3.31 bits per heavy atom. The van der Waals surface area contributed by atoms with Crippen LogP contribution in [0.15, 0.2) is 29.0 Å². The summed E-state index contributed by atoms with van der Waals surface area (Å²) < 4.78 is 4.95. The number of aromatic nitrogens is 1. The van der Waals surface area contributed by atoms with Gasteiger partial charge in [-0.05, 0) is 56.0 Å². The highest BCUT2D eigenvalue weighted by atomic mass is 16.5. The van der Waals surface area contributed by atoms with Gasteiger partial charge in [-0.2, -0.15) is 0 Å². The van der Waals surface area contributed by atoms with E-state index in [4.69, 9.17) is 4.52 Å². The fourth-order valence-corrected chi connectivity index (χ4v) is 2.47. The summed E-state index contributed by atoms with van der Waals surface area (Å²) in [6.45, 7) is 2.33. The zero-order valence-corrected chi connectivity index (χ0v) is 9.28. The number of hydrogen-bond donors (Lipinski definition) is 1. The molecule has 1 N–H and O–H groups in total. The molecule has 1 unspecified atom stereocenters. The van der Waals surface area contributed by atoms with Gasteiger partial charge in [0.25, 0.3) is 0 Å². The lowest BCUT2D eigenvalue weighted by Crippen LogP contribution is -2.30. The number of rotatable bonds is 2. The van der Waals surface area contributed by atoms with Crippen molar-refractivity contribution < 1.29 is 4.52 Å². The van der Waals surface area contributed by atoms with Crippen LogP contribution in [0.1, 0.15) is 18.4 Å². The normalized spacial score (nSPS) is 21.4. The minimum Gasteiger partial charge on any atom is -0.364 e. The highest BCUT2D eigenvalue weighted by molar-refractivity contribution is 5.77. The monoisotopic (exact) mass is 216 g/mol. The molecule has 1 saturated heterocycles. The maximum atomic E-state index is 4.95. The number of fused-ring (bicyclic) bond motifs is 1. The molecule has 3 rings (SSSR count). The lowest BCUT2D eigenvalue weighted by Gasteiger charge is -2.22. The van der Waals surface area contributed by atoms with Crippen molar-refractivity contribution in [2.45, 2.75) is 19.3 Å². The van der Waals surface area contributed by atoms with E-state index >= 15 is 0 Å². The molecule has 3 heteroatoms. The average Bonchev–Trinajstić information content (AvgIpc) is 2.77. The Morgan fingerprint density at radius 1 is 1.44 bits per heavy atom. The van der Waals surface area contributed by atoms with Crippen molar-refractivity contribution in [2.24, 2.45) is 5.92 Å². The lowest BCUT2D eigenvalue weighted by atomic mass is 9.92. The van der Waals surface area contributed by atoms with E-state index in [1.165, 1.54) is 24.9 Å². The molecule has 2 heterocycles. The highest BCUT2D eigenvalue weighted by Gasteiger charge is 2.13. The Bertz CT molecular complexity index is 471. The average molecular weight is 216 g/mol. The molecule has 1 aliphatic heterocycles. The summed E-state index contributed by atoms with van der Waals surface area (Å²) in [7, 11) is 0. The van der Waals surface area contributed by atoms with Crippen LogP contribution in [-0.2, 0) is 6.42 Å². The number of nitrogens with one attached hydrogen (secondary N) is 1. The van der Waals surface area contributed by atoms with E-state index in [0.29, 0.717) is 0 Å². The van der Waals surface area contributed by atoms with E-state index in [-0.39, 0.29) is 0 Å². The van der Waals surface area contributed by atoms with Gasteiger partial charge in [0.1, 0.15) is 11.8 Å². The third kappa shape index (κ3) is 1.95. The van der Waals surface area contributed by atoms with E-state index in [1.54, 1.807) is 6.26 Å². The predicted molar refractivity (Wildman–Crippen MR) is 63.3 cm³/mol. The number of nitrogens with zero attached hydrogens (tertiary/aromatic N) is 1. The molecule has 1 aromatic carbocycles. The minimum atomic E-state index is 0.776. The van der Waals surface area contributed by atoms with Crippen molar-refractivity contribution in [2.75, 3.05) is 13.1 Å². The van der Waals surface area contributed by atoms with Crippen LogP contribution in [0.3, 0.4) is 0 Å². The summed E-state index contributed by atoms with van der Waals surface area (Å²) in [5.74, 6) is 0.776. The molecule has 84 valence electrons. The van der Waals surface area contributed by atoms with Gasteiger partial charge in [0, 0.05) is 5.39 Å². The van der Waals surface area contributed by atoms with Crippen molar-refractivity contribution in [3.8, 4) is 0 Å². The smallest absolute Gasteiger partial charge is 0.131 e. The maximum absolute atomic E-state index is 4.95. The molecular weight excluding hydrogens is 200 g/mol. The Kier molecular flexibility index (Phi) is 2.62. The van der Waals surface area contributed by atoms with Gasteiger partial charge in [0.2, 0.25) is 0 Å². The second kappa shape index (κ2) is 4.26. The SMILES string of the molecule is c1cc2conc2cc1CC1CCCNC1. The third-order valence-electron chi connectivity index (χ3n) is 3.35. The summed E-state index contributed by atoms with van der Waals surface area (Å²) >= 11 is 0. The molecule has 1 aliphatic rings. The molecule has 0 spiro atoms. The van der Waals surface area contributed by atoms with Crippen LogP contribution >= 0.6 is 0 Å². The molecule has 0 aliphatic carbocycles. The molecule has 0 radical (unpaired) electrons. The Morgan fingerprint density at radius 2 is 2.44 bits per heavy atom. The maximum Gasteiger partial charge on any atom is 0.131 e. The van der Waals surface area contributed by atoms with Gasteiger partial charge in [-0.1, -0.05) is 11.2 Å². The third-order valence-corrected chi connectivity index (χ3v) is 3.35.